The van der Waals surface area contributed by atoms with Gasteiger partial charge >= 0.3 is 0 Å². The van der Waals surface area contributed by atoms with Gasteiger partial charge in [0.05, 0.1) is 11.4 Å². The van der Waals surface area contributed by atoms with Crippen molar-refractivity contribution in [1.29, 1.82) is 0 Å². The Morgan fingerprint density at radius 2 is 2.08 bits per heavy atom. The van der Waals surface area contributed by atoms with E-state index in [9.17, 15) is 20.8 Å². The first-order chi connectivity index (χ1) is 11.3. The first-order valence-corrected chi connectivity index (χ1v) is 7.41. The van der Waals surface area contributed by atoms with Crippen molar-refractivity contribution in [3.05, 3.63) is 52.4 Å². The standard InChI is InChI=1S/C16H20N4O4/c1-10(2)12-5-4-11(3)15(8-12)18-17-14-7-6-13(19(21)22)9-16(14)20(23)24/h4,6-7,9,12,17,23-24H,1,5,8H2,2-3H3/q-2/t12-/m1/s1. The minimum atomic E-state index is -0.617. The summed E-state index contributed by atoms with van der Waals surface area (Å²) in [6, 6.07) is 3.67. The van der Waals surface area contributed by atoms with Crippen LogP contribution in [0.1, 0.15) is 26.7 Å². The molecule has 0 heterocycles. The molecular formula is C16H20N4O4-2. The summed E-state index contributed by atoms with van der Waals surface area (Å²) >= 11 is 0. The van der Waals surface area contributed by atoms with Crippen LogP contribution in [0, 0.1) is 16.3 Å². The molecule has 0 bridgehead atoms. The lowest BCUT2D eigenvalue weighted by Gasteiger charge is -2.37. The van der Waals surface area contributed by atoms with Gasteiger partial charge in [0, 0.05) is 5.69 Å². The van der Waals surface area contributed by atoms with E-state index >= 15 is 0 Å². The summed E-state index contributed by atoms with van der Waals surface area (Å²) in [5.41, 5.74) is 5.52. The molecular weight excluding hydrogens is 312 g/mol. The monoisotopic (exact) mass is 332 g/mol. The number of nitrogens with zero attached hydrogens (tertiary/aromatic N) is 3. The van der Waals surface area contributed by atoms with Crippen molar-refractivity contribution in [3.8, 4) is 0 Å². The van der Waals surface area contributed by atoms with Crippen molar-refractivity contribution in [2.75, 3.05) is 15.9 Å². The van der Waals surface area contributed by atoms with Gasteiger partial charge < -0.3 is 15.6 Å². The molecule has 0 amide bonds. The van der Waals surface area contributed by atoms with Crippen molar-refractivity contribution in [2.24, 2.45) is 11.0 Å². The predicted molar refractivity (Wildman–Crippen MR) is 94.1 cm³/mol. The fourth-order valence-corrected chi connectivity index (χ4v) is 2.45. The quantitative estimate of drug-likeness (QED) is 0.555. The lowest BCUT2D eigenvalue weighted by atomic mass is 9.85. The van der Waals surface area contributed by atoms with Crippen molar-refractivity contribution in [3.63, 3.8) is 0 Å². The first-order valence-electron chi connectivity index (χ1n) is 7.41. The van der Waals surface area contributed by atoms with Gasteiger partial charge in [-0.25, -0.2) is 0 Å². The molecule has 0 saturated carbocycles. The molecule has 1 aromatic rings. The van der Waals surface area contributed by atoms with E-state index in [0.717, 1.165) is 35.8 Å². The van der Waals surface area contributed by atoms with Gasteiger partial charge in [-0.15, -0.1) is 5.23 Å². The molecule has 8 nitrogen and oxygen atoms in total. The third-order valence-electron chi connectivity index (χ3n) is 4.02. The fraction of sp³-hybridized carbons (Fsp3) is 0.312. The highest BCUT2D eigenvalue weighted by Crippen LogP contribution is 2.30. The molecule has 0 fully saturated rings. The van der Waals surface area contributed by atoms with Gasteiger partial charge in [0.1, 0.15) is 5.69 Å². The molecule has 8 heteroatoms. The van der Waals surface area contributed by atoms with E-state index in [-0.39, 0.29) is 22.3 Å². The Bertz CT molecular complexity index is 683. The second kappa shape index (κ2) is 7.45. The Balaban J connectivity index is 2.26. The maximum atomic E-state index is 10.8. The van der Waals surface area contributed by atoms with E-state index in [1.54, 1.807) is 0 Å². The number of anilines is 3. The third kappa shape index (κ3) is 4.12. The molecule has 0 aromatic heterocycles. The molecule has 1 atom stereocenters. The SMILES string of the molecule is C=C(C)[C@@H]1CC=C(C)C(=NNc2ccc(N([O-])[O-])cc2N(O)O)C1. The lowest BCUT2D eigenvalue weighted by Crippen LogP contribution is -2.18. The van der Waals surface area contributed by atoms with Crippen LogP contribution in [0.4, 0.5) is 17.1 Å². The smallest absolute Gasteiger partial charge is 0.121 e. The van der Waals surface area contributed by atoms with Crippen molar-refractivity contribution in [1.82, 2.24) is 0 Å². The zero-order chi connectivity index (χ0) is 17.9. The summed E-state index contributed by atoms with van der Waals surface area (Å²) < 4.78 is 0. The Hall–Kier alpha value is -2.39. The van der Waals surface area contributed by atoms with E-state index in [2.05, 4.69) is 23.2 Å². The van der Waals surface area contributed by atoms with Crippen LogP contribution in [0.3, 0.4) is 0 Å². The largest absolute Gasteiger partial charge is 0.769 e. The maximum absolute atomic E-state index is 10.8. The zero-order valence-electron chi connectivity index (χ0n) is 13.6. The topological polar surface area (TPSA) is 117 Å². The third-order valence-corrected chi connectivity index (χ3v) is 4.02. The molecule has 24 heavy (non-hydrogen) atoms. The molecule has 2 rings (SSSR count). The van der Waals surface area contributed by atoms with Gasteiger partial charge in [0.2, 0.25) is 0 Å². The van der Waals surface area contributed by atoms with Crippen LogP contribution >= 0.6 is 0 Å². The lowest BCUT2D eigenvalue weighted by molar-refractivity contribution is 0.0295. The van der Waals surface area contributed by atoms with Gasteiger partial charge in [-0.3, -0.25) is 15.8 Å². The summed E-state index contributed by atoms with van der Waals surface area (Å²) in [7, 11) is 0. The number of hydrazone groups is 1. The predicted octanol–water partition coefficient (Wildman–Crippen LogP) is 3.77. The zero-order valence-corrected chi connectivity index (χ0v) is 13.6. The van der Waals surface area contributed by atoms with Crippen LogP contribution in [-0.2, 0) is 0 Å². The summed E-state index contributed by atoms with van der Waals surface area (Å²) in [5.74, 6) is 0.317. The van der Waals surface area contributed by atoms with E-state index in [4.69, 9.17) is 0 Å². The molecule has 0 radical (unpaired) electrons. The first kappa shape index (κ1) is 18.0. The Morgan fingerprint density at radius 1 is 1.38 bits per heavy atom. The van der Waals surface area contributed by atoms with E-state index < -0.39 is 5.23 Å². The van der Waals surface area contributed by atoms with Gasteiger partial charge in [-0.2, -0.15) is 5.10 Å². The van der Waals surface area contributed by atoms with Crippen LogP contribution in [-0.4, -0.2) is 16.1 Å². The molecule has 1 aliphatic rings. The fourth-order valence-electron chi connectivity index (χ4n) is 2.45. The molecule has 1 aromatic carbocycles. The number of rotatable bonds is 5. The highest BCUT2D eigenvalue weighted by molar-refractivity contribution is 6.01. The normalized spacial score (nSPS) is 19.0. The van der Waals surface area contributed by atoms with Gasteiger partial charge in [0.15, 0.2) is 0 Å². The number of allylic oxidation sites excluding steroid dienone is 3. The number of hydrogen-bond donors (Lipinski definition) is 3. The van der Waals surface area contributed by atoms with Gasteiger partial charge in [-0.1, -0.05) is 18.2 Å². The van der Waals surface area contributed by atoms with Crippen LogP contribution < -0.4 is 15.9 Å². The molecule has 0 aliphatic heterocycles. The molecule has 1 aliphatic carbocycles. The van der Waals surface area contributed by atoms with Crippen molar-refractivity contribution >= 4 is 22.8 Å². The average molecular weight is 332 g/mol. The molecule has 130 valence electrons. The molecule has 0 unspecified atom stereocenters. The maximum Gasteiger partial charge on any atom is 0.121 e. The van der Waals surface area contributed by atoms with Crippen LogP contribution in [0.15, 0.2) is 47.1 Å². The summed E-state index contributed by atoms with van der Waals surface area (Å²) in [4.78, 5) is 0. The average Bonchev–Trinajstić information content (AvgIpc) is 2.53. The van der Waals surface area contributed by atoms with E-state index in [0.29, 0.717) is 5.92 Å². The number of nitrogens with one attached hydrogen (secondary N) is 1. The van der Waals surface area contributed by atoms with Gasteiger partial charge in [-0.05, 0) is 56.4 Å². The highest BCUT2D eigenvalue weighted by atomic mass is 16.8. The minimum Gasteiger partial charge on any atom is -0.769 e. The van der Waals surface area contributed by atoms with Crippen molar-refractivity contribution < 1.29 is 10.4 Å². The Labute approximate surface area is 140 Å². The van der Waals surface area contributed by atoms with Crippen LogP contribution in [0.25, 0.3) is 0 Å². The molecule has 3 N–H and O–H groups in total. The van der Waals surface area contributed by atoms with E-state index in [1.807, 2.05) is 13.8 Å². The summed E-state index contributed by atoms with van der Waals surface area (Å²) in [5, 5.41) is 43.7. The summed E-state index contributed by atoms with van der Waals surface area (Å²) in [6.45, 7) is 7.91. The summed E-state index contributed by atoms with van der Waals surface area (Å²) in [6.07, 6.45) is 3.74. The Kier molecular flexibility index (Phi) is 5.58. The highest BCUT2D eigenvalue weighted by Gasteiger charge is 2.18. The minimum absolute atomic E-state index is 0.164. The number of benzene rings is 1. The van der Waals surface area contributed by atoms with Crippen LogP contribution in [0.5, 0.6) is 0 Å². The molecule has 0 saturated heterocycles. The van der Waals surface area contributed by atoms with Crippen LogP contribution in [0.2, 0.25) is 0 Å². The van der Waals surface area contributed by atoms with Crippen molar-refractivity contribution in [2.45, 2.75) is 26.7 Å². The molecule has 0 spiro atoms. The van der Waals surface area contributed by atoms with Gasteiger partial charge in [0.25, 0.3) is 0 Å². The second-order valence-electron chi connectivity index (χ2n) is 5.79. The number of hydrogen-bond acceptors (Lipinski definition) is 8. The Morgan fingerprint density at radius 3 is 2.67 bits per heavy atom. The van der Waals surface area contributed by atoms with E-state index in [1.165, 1.54) is 12.1 Å². The second-order valence-corrected chi connectivity index (χ2v) is 5.79.